The van der Waals surface area contributed by atoms with Gasteiger partial charge in [0, 0.05) is 5.69 Å². The Hall–Kier alpha value is -2.62. The molecular weight excluding hydrogens is 238 g/mol. The first-order valence-electron chi connectivity index (χ1n) is 5.98. The number of fused-ring (bicyclic) bond motifs is 1. The van der Waals surface area contributed by atoms with E-state index in [2.05, 4.69) is 15.3 Å². The zero-order valence-corrected chi connectivity index (χ0v) is 10.5. The summed E-state index contributed by atoms with van der Waals surface area (Å²) in [5, 5.41) is 3.22. The Kier molecular flexibility index (Phi) is 2.98. The number of nitrogens with zero attached hydrogens (tertiary/aromatic N) is 2. The number of anilines is 2. The van der Waals surface area contributed by atoms with Crippen LogP contribution in [0.5, 0.6) is 5.75 Å². The zero-order valence-electron chi connectivity index (χ0n) is 10.5. The van der Waals surface area contributed by atoms with Gasteiger partial charge in [-0.25, -0.2) is 9.97 Å². The second-order valence-corrected chi connectivity index (χ2v) is 4.07. The highest BCUT2D eigenvalue weighted by molar-refractivity contribution is 5.82. The van der Waals surface area contributed by atoms with Crippen molar-refractivity contribution in [3.63, 3.8) is 0 Å². The Labute approximate surface area is 111 Å². The minimum Gasteiger partial charge on any atom is -0.494 e. The van der Waals surface area contributed by atoms with Crippen molar-refractivity contribution in [2.45, 2.75) is 0 Å². The molecule has 0 saturated carbocycles. The summed E-state index contributed by atoms with van der Waals surface area (Å²) in [6.07, 6.45) is 1.71. The van der Waals surface area contributed by atoms with Gasteiger partial charge in [0.1, 0.15) is 17.1 Å². The molecule has 19 heavy (non-hydrogen) atoms. The summed E-state index contributed by atoms with van der Waals surface area (Å²) in [5.41, 5.74) is 2.56. The van der Waals surface area contributed by atoms with Crippen LogP contribution >= 0.6 is 0 Å². The molecule has 0 aliphatic rings. The van der Waals surface area contributed by atoms with Crippen LogP contribution in [0.3, 0.4) is 0 Å². The van der Waals surface area contributed by atoms with Gasteiger partial charge in [-0.1, -0.05) is 24.3 Å². The first kappa shape index (κ1) is 11.5. The molecule has 0 radical (unpaired) electrons. The van der Waals surface area contributed by atoms with E-state index in [0.29, 0.717) is 5.82 Å². The molecule has 3 aromatic rings. The highest BCUT2D eigenvalue weighted by Crippen LogP contribution is 2.23. The van der Waals surface area contributed by atoms with Crippen molar-refractivity contribution < 1.29 is 4.74 Å². The number of benzene rings is 2. The van der Waals surface area contributed by atoms with Crippen LogP contribution in [0.1, 0.15) is 0 Å². The predicted octanol–water partition coefficient (Wildman–Crippen LogP) is 3.38. The number of hydrogen-bond donors (Lipinski definition) is 1. The van der Waals surface area contributed by atoms with Gasteiger partial charge in [-0.2, -0.15) is 0 Å². The fraction of sp³-hybridized carbons (Fsp3) is 0.0667. The van der Waals surface area contributed by atoms with Crippen molar-refractivity contribution in [3.05, 3.63) is 54.7 Å². The van der Waals surface area contributed by atoms with E-state index in [4.69, 9.17) is 4.74 Å². The summed E-state index contributed by atoms with van der Waals surface area (Å²) < 4.78 is 5.26. The Bertz CT molecular complexity index is 698. The largest absolute Gasteiger partial charge is 0.494 e. The molecule has 0 amide bonds. The number of hydrogen-bond acceptors (Lipinski definition) is 4. The monoisotopic (exact) mass is 251 g/mol. The molecule has 1 N–H and O–H groups in total. The van der Waals surface area contributed by atoms with E-state index in [1.54, 1.807) is 13.3 Å². The molecule has 94 valence electrons. The molecule has 1 aromatic heterocycles. The lowest BCUT2D eigenvalue weighted by molar-refractivity contribution is 0.419. The van der Waals surface area contributed by atoms with E-state index in [1.807, 2.05) is 48.5 Å². The number of para-hydroxylation sites is 2. The fourth-order valence-corrected chi connectivity index (χ4v) is 1.91. The minimum absolute atomic E-state index is 0.715. The molecule has 0 aliphatic heterocycles. The van der Waals surface area contributed by atoms with Gasteiger partial charge in [-0.05, 0) is 24.3 Å². The van der Waals surface area contributed by atoms with Crippen molar-refractivity contribution in [2.75, 3.05) is 12.4 Å². The molecule has 0 fully saturated rings. The summed E-state index contributed by atoms with van der Waals surface area (Å²) >= 11 is 0. The SMILES string of the molecule is COc1cccc2nc(Nc3ccccc3)cnc12. The van der Waals surface area contributed by atoms with Crippen LogP contribution in [-0.2, 0) is 0 Å². The lowest BCUT2D eigenvalue weighted by Crippen LogP contribution is -1.96. The second kappa shape index (κ2) is 4.94. The van der Waals surface area contributed by atoms with Crippen molar-refractivity contribution in [1.29, 1.82) is 0 Å². The lowest BCUT2D eigenvalue weighted by atomic mass is 10.3. The summed E-state index contributed by atoms with van der Waals surface area (Å²) in [6.45, 7) is 0. The summed E-state index contributed by atoms with van der Waals surface area (Å²) in [6, 6.07) is 15.6. The van der Waals surface area contributed by atoms with Crippen molar-refractivity contribution >= 4 is 22.5 Å². The topological polar surface area (TPSA) is 47.0 Å². The maximum Gasteiger partial charge on any atom is 0.149 e. The first-order valence-corrected chi connectivity index (χ1v) is 5.98. The lowest BCUT2D eigenvalue weighted by Gasteiger charge is -2.07. The molecule has 2 aromatic carbocycles. The van der Waals surface area contributed by atoms with E-state index in [0.717, 1.165) is 22.5 Å². The molecule has 4 nitrogen and oxygen atoms in total. The highest BCUT2D eigenvalue weighted by atomic mass is 16.5. The maximum atomic E-state index is 5.26. The van der Waals surface area contributed by atoms with E-state index in [9.17, 15) is 0 Å². The smallest absolute Gasteiger partial charge is 0.149 e. The Morgan fingerprint density at radius 1 is 1.00 bits per heavy atom. The molecule has 3 rings (SSSR count). The van der Waals surface area contributed by atoms with Gasteiger partial charge in [0.25, 0.3) is 0 Å². The fourth-order valence-electron chi connectivity index (χ4n) is 1.91. The molecule has 0 spiro atoms. The molecule has 1 heterocycles. The number of methoxy groups -OCH3 is 1. The summed E-state index contributed by atoms with van der Waals surface area (Å²) in [4.78, 5) is 8.92. The van der Waals surface area contributed by atoms with Crippen LogP contribution in [0.15, 0.2) is 54.7 Å². The first-order chi connectivity index (χ1) is 9.36. The van der Waals surface area contributed by atoms with E-state index in [-0.39, 0.29) is 0 Å². The van der Waals surface area contributed by atoms with E-state index < -0.39 is 0 Å². The molecular formula is C15H13N3O. The molecule has 4 heteroatoms. The third kappa shape index (κ3) is 2.33. The third-order valence-corrected chi connectivity index (χ3v) is 2.80. The predicted molar refractivity (Wildman–Crippen MR) is 75.8 cm³/mol. The van der Waals surface area contributed by atoms with E-state index >= 15 is 0 Å². The molecule has 0 saturated heterocycles. The number of ether oxygens (including phenoxy) is 1. The van der Waals surface area contributed by atoms with Crippen molar-refractivity contribution in [2.24, 2.45) is 0 Å². The molecule has 0 atom stereocenters. The third-order valence-electron chi connectivity index (χ3n) is 2.80. The Balaban J connectivity index is 1.98. The maximum absolute atomic E-state index is 5.26. The van der Waals surface area contributed by atoms with Gasteiger partial charge in [0.2, 0.25) is 0 Å². The number of aromatic nitrogens is 2. The normalized spacial score (nSPS) is 10.4. The Morgan fingerprint density at radius 3 is 2.63 bits per heavy atom. The van der Waals surface area contributed by atoms with Crippen molar-refractivity contribution in [1.82, 2.24) is 9.97 Å². The van der Waals surface area contributed by atoms with Gasteiger partial charge in [0.15, 0.2) is 0 Å². The van der Waals surface area contributed by atoms with Gasteiger partial charge in [-0.15, -0.1) is 0 Å². The number of nitrogens with one attached hydrogen (secondary N) is 1. The summed E-state index contributed by atoms with van der Waals surface area (Å²) in [5.74, 6) is 1.45. The Morgan fingerprint density at radius 2 is 1.84 bits per heavy atom. The van der Waals surface area contributed by atoms with Gasteiger partial charge < -0.3 is 10.1 Å². The van der Waals surface area contributed by atoms with Gasteiger partial charge >= 0.3 is 0 Å². The van der Waals surface area contributed by atoms with Crippen LogP contribution in [0.25, 0.3) is 11.0 Å². The van der Waals surface area contributed by atoms with Crippen LogP contribution in [-0.4, -0.2) is 17.1 Å². The number of rotatable bonds is 3. The quantitative estimate of drug-likeness (QED) is 0.775. The standard InChI is InChI=1S/C15H13N3O/c1-19-13-9-5-8-12-15(13)16-10-14(18-12)17-11-6-3-2-4-7-11/h2-10H,1H3,(H,17,18). The van der Waals surface area contributed by atoms with Crippen LogP contribution in [0.4, 0.5) is 11.5 Å². The molecule has 0 aliphatic carbocycles. The van der Waals surface area contributed by atoms with Crippen LogP contribution < -0.4 is 10.1 Å². The van der Waals surface area contributed by atoms with Crippen LogP contribution in [0.2, 0.25) is 0 Å². The molecule has 0 unspecified atom stereocenters. The second-order valence-electron chi connectivity index (χ2n) is 4.07. The van der Waals surface area contributed by atoms with Gasteiger partial charge in [0.05, 0.1) is 18.8 Å². The zero-order chi connectivity index (χ0) is 13.1. The average molecular weight is 251 g/mol. The van der Waals surface area contributed by atoms with Crippen molar-refractivity contribution in [3.8, 4) is 5.75 Å². The average Bonchev–Trinajstić information content (AvgIpc) is 2.47. The highest BCUT2D eigenvalue weighted by Gasteiger charge is 2.04. The minimum atomic E-state index is 0.715. The van der Waals surface area contributed by atoms with Crippen LogP contribution in [0, 0.1) is 0 Å². The van der Waals surface area contributed by atoms with Gasteiger partial charge in [-0.3, -0.25) is 0 Å². The van der Waals surface area contributed by atoms with E-state index in [1.165, 1.54) is 0 Å². The molecule has 0 bridgehead atoms. The summed E-state index contributed by atoms with van der Waals surface area (Å²) in [7, 11) is 1.63.